The molecular weight excluding hydrogens is 410 g/mol. The number of imide groups is 1. The number of aromatic nitrogens is 1. The Hall–Kier alpha value is -3.04. The zero-order chi connectivity index (χ0) is 20.6. The van der Waals surface area contributed by atoms with Crippen LogP contribution in [0.1, 0.15) is 38.2 Å². The molecule has 0 aliphatic carbocycles. The van der Waals surface area contributed by atoms with Gasteiger partial charge in [-0.25, -0.2) is 8.42 Å². The van der Waals surface area contributed by atoms with Gasteiger partial charge in [0.25, 0.3) is 21.8 Å². The Morgan fingerprint density at radius 2 is 1.90 bits per heavy atom. The second kappa shape index (κ2) is 7.41. The van der Waals surface area contributed by atoms with Crippen molar-refractivity contribution in [2.75, 3.05) is 4.72 Å². The van der Waals surface area contributed by atoms with E-state index in [4.69, 9.17) is 0 Å². The maximum absolute atomic E-state index is 12.7. The summed E-state index contributed by atoms with van der Waals surface area (Å²) in [7, 11) is -3.76. The number of hydrogen-bond donors (Lipinski definition) is 1. The summed E-state index contributed by atoms with van der Waals surface area (Å²) < 4.78 is 28.1. The van der Waals surface area contributed by atoms with Gasteiger partial charge in [0.15, 0.2) is 0 Å². The van der Waals surface area contributed by atoms with Gasteiger partial charge < -0.3 is 0 Å². The minimum absolute atomic E-state index is 0.000463. The largest absolute Gasteiger partial charge is 0.280 e. The van der Waals surface area contributed by atoms with E-state index in [0.717, 1.165) is 28.2 Å². The highest BCUT2D eigenvalue weighted by atomic mass is 32.2. The normalized spacial score (nSPS) is 13.6. The highest BCUT2D eigenvalue weighted by Crippen LogP contribution is 2.28. The number of carbonyl (C=O) groups excluding carboxylic acids is 2. The van der Waals surface area contributed by atoms with Gasteiger partial charge in [-0.15, -0.1) is 11.3 Å². The quantitative estimate of drug-likeness (QED) is 0.609. The van der Waals surface area contributed by atoms with Crippen LogP contribution in [0.3, 0.4) is 0 Å². The molecule has 0 saturated heterocycles. The maximum atomic E-state index is 12.7. The number of sulfonamides is 1. The van der Waals surface area contributed by atoms with Crippen LogP contribution in [0.15, 0.2) is 58.9 Å². The number of nitrogens with one attached hydrogen (secondary N) is 1. The minimum Gasteiger partial charge on any atom is -0.279 e. The molecule has 3 heterocycles. The molecule has 29 heavy (non-hydrogen) atoms. The number of rotatable bonds is 6. The van der Waals surface area contributed by atoms with Crippen molar-refractivity contribution in [3.05, 3.63) is 76.4 Å². The van der Waals surface area contributed by atoms with E-state index in [1.54, 1.807) is 36.4 Å². The van der Waals surface area contributed by atoms with Crippen LogP contribution < -0.4 is 4.72 Å². The molecular formula is C20H17N3O4S2. The van der Waals surface area contributed by atoms with Gasteiger partial charge in [-0.05, 0) is 48.4 Å². The average molecular weight is 428 g/mol. The fraction of sp³-hybridized carbons (Fsp3) is 0.150. The second-order valence-electron chi connectivity index (χ2n) is 6.48. The van der Waals surface area contributed by atoms with E-state index in [1.165, 1.54) is 12.3 Å². The van der Waals surface area contributed by atoms with Gasteiger partial charge in [-0.3, -0.25) is 24.2 Å². The van der Waals surface area contributed by atoms with Gasteiger partial charge in [0.2, 0.25) is 0 Å². The van der Waals surface area contributed by atoms with Crippen molar-refractivity contribution in [1.29, 1.82) is 0 Å². The summed E-state index contributed by atoms with van der Waals surface area (Å²) in [6.45, 7) is 1.99. The first kappa shape index (κ1) is 19.3. The average Bonchev–Trinajstić information content (AvgIpc) is 3.28. The van der Waals surface area contributed by atoms with Crippen LogP contribution in [-0.4, -0.2) is 30.1 Å². The molecule has 0 spiro atoms. The van der Waals surface area contributed by atoms with E-state index < -0.39 is 21.8 Å². The number of pyridine rings is 1. The fourth-order valence-corrected chi connectivity index (χ4v) is 5.46. The number of benzene rings is 1. The number of carbonyl (C=O) groups is 2. The first-order valence-electron chi connectivity index (χ1n) is 8.90. The molecule has 0 atom stereocenters. The van der Waals surface area contributed by atoms with Crippen LogP contribution >= 0.6 is 11.3 Å². The van der Waals surface area contributed by atoms with Crippen molar-refractivity contribution >= 4 is 38.9 Å². The lowest BCUT2D eigenvalue weighted by atomic mass is 10.1. The van der Waals surface area contributed by atoms with E-state index in [9.17, 15) is 18.0 Å². The molecule has 0 radical (unpaired) electrons. The number of aryl methyl sites for hydroxylation is 1. The highest BCUT2D eigenvalue weighted by Gasteiger charge is 2.36. The lowest BCUT2D eigenvalue weighted by Gasteiger charge is -2.11. The number of amides is 2. The number of thiophene rings is 1. The molecule has 0 bridgehead atoms. The first-order chi connectivity index (χ1) is 13.9. The standard InChI is InChI=1S/C20H17N3O4S2/c1-2-13-5-3-6-14(11-13)22-29(26,27)17-9-8-15(28-17)12-23-19(24)16-7-4-10-21-18(16)20(23)25/h3-11,22H,2,12H2,1H3. The first-order valence-corrected chi connectivity index (χ1v) is 11.2. The van der Waals surface area contributed by atoms with E-state index in [1.807, 2.05) is 13.0 Å². The van der Waals surface area contributed by atoms with E-state index in [2.05, 4.69) is 9.71 Å². The Morgan fingerprint density at radius 3 is 2.66 bits per heavy atom. The van der Waals surface area contributed by atoms with E-state index in [-0.39, 0.29) is 22.0 Å². The molecule has 148 valence electrons. The molecule has 1 aromatic carbocycles. The Labute approximate surface area is 172 Å². The predicted molar refractivity (Wildman–Crippen MR) is 109 cm³/mol. The highest BCUT2D eigenvalue weighted by molar-refractivity contribution is 7.94. The van der Waals surface area contributed by atoms with Gasteiger partial charge in [-0.2, -0.15) is 0 Å². The van der Waals surface area contributed by atoms with Gasteiger partial charge in [0.1, 0.15) is 9.90 Å². The third kappa shape index (κ3) is 3.66. The van der Waals surface area contributed by atoms with Crippen LogP contribution in [0.2, 0.25) is 0 Å². The smallest absolute Gasteiger partial charge is 0.279 e. The number of anilines is 1. The topological polar surface area (TPSA) is 96.4 Å². The number of hydrogen-bond acceptors (Lipinski definition) is 6. The lowest BCUT2D eigenvalue weighted by Crippen LogP contribution is -2.28. The molecule has 1 N–H and O–H groups in total. The predicted octanol–water partition coefficient (Wildman–Crippen LogP) is 3.30. The zero-order valence-corrected chi connectivity index (χ0v) is 17.1. The van der Waals surface area contributed by atoms with Crippen molar-refractivity contribution in [3.8, 4) is 0 Å². The molecule has 7 nitrogen and oxygen atoms in total. The third-order valence-corrected chi connectivity index (χ3v) is 7.48. The molecule has 0 saturated carbocycles. The molecule has 1 aliphatic rings. The van der Waals surface area contributed by atoms with Crippen LogP contribution in [0.4, 0.5) is 5.69 Å². The molecule has 0 unspecified atom stereocenters. The van der Waals surface area contributed by atoms with Crippen LogP contribution in [0, 0.1) is 0 Å². The maximum Gasteiger partial charge on any atom is 0.280 e. The summed E-state index contributed by atoms with van der Waals surface area (Å²) in [5, 5.41) is 0. The Balaban J connectivity index is 1.53. The minimum atomic E-state index is -3.76. The summed E-state index contributed by atoms with van der Waals surface area (Å²) in [4.78, 5) is 30.5. The zero-order valence-electron chi connectivity index (χ0n) is 15.5. The van der Waals surface area contributed by atoms with Crippen molar-refractivity contribution in [1.82, 2.24) is 9.88 Å². The molecule has 1 aliphatic heterocycles. The van der Waals surface area contributed by atoms with E-state index >= 15 is 0 Å². The van der Waals surface area contributed by atoms with E-state index in [0.29, 0.717) is 10.6 Å². The van der Waals surface area contributed by atoms with Crippen molar-refractivity contribution in [2.24, 2.45) is 0 Å². The van der Waals surface area contributed by atoms with Crippen molar-refractivity contribution in [3.63, 3.8) is 0 Å². The molecule has 9 heteroatoms. The number of fused-ring (bicyclic) bond motifs is 1. The molecule has 3 aromatic rings. The third-order valence-electron chi connectivity index (χ3n) is 4.53. The second-order valence-corrected chi connectivity index (χ2v) is 9.55. The summed E-state index contributed by atoms with van der Waals surface area (Å²) in [6.07, 6.45) is 2.26. The molecule has 2 aromatic heterocycles. The fourth-order valence-electron chi connectivity index (χ4n) is 3.06. The summed E-state index contributed by atoms with van der Waals surface area (Å²) in [5.41, 5.74) is 1.90. The lowest BCUT2D eigenvalue weighted by molar-refractivity contribution is 0.0642. The van der Waals surface area contributed by atoms with Gasteiger partial charge in [-0.1, -0.05) is 19.1 Å². The summed E-state index contributed by atoms with van der Waals surface area (Å²) in [6, 6.07) is 13.4. The Bertz CT molecular complexity index is 1180. The van der Waals surface area contributed by atoms with Crippen LogP contribution in [0.5, 0.6) is 0 Å². The SMILES string of the molecule is CCc1cccc(NS(=O)(=O)c2ccc(CN3C(=O)c4cccnc4C3=O)s2)c1. The molecule has 4 rings (SSSR count). The van der Waals surface area contributed by atoms with Crippen molar-refractivity contribution in [2.45, 2.75) is 24.1 Å². The van der Waals surface area contributed by atoms with Gasteiger partial charge >= 0.3 is 0 Å². The monoisotopic (exact) mass is 427 g/mol. The summed E-state index contributed by atoms with van der Waals surface area (Å²) in [5.74, 6) is -0.900. The van der Waals surface area contributed by atoms with Crippen LogP contribution in [0.25, 0.3) is 0 Å². The van der Waals surface area contributed by atoms with Gasteiger partial charge in [0, 0.05) is 16.8 Å². The van der Waals surface area contributed by atoms with Crippen LogP contribution in [-0.2, 0) is 23.0 Å². The molecule has 2 amide bonds. The van der Waals surface area contributed by atoms with Crippen molar-refractivity contribution < 1.29 is 18.0 Å². The number of nitrogens with zero attached hydrogens (tertiary/aromatic N) is 2. The molecule has 0 fully saturated rings. The Morgan fingerprint density at radius 1 is 1.07 bits per heavy atom. The Kier molecular flexibility index (Phi) is 4.93. The van der Waals surface area contributed by atoms with Gasteiger partial charge in [0.05, 0.1) is 12.1 Å². The summed E-state index contributed by atoms with van der Waals surface area (Å²) >= 11 is 1.02.